The number of urea groups is 1. The Morgan fingerprint density at radius 2 is 2.00 bits per heavy atom. The number of benzene rings is 1. The summed E-state index contributed by atoms with van der Waals surface area (Å²) in [5.41, 5.74) is 4.90. The summed E-state index contributed by atoms with van der Waals surface area (Å²) in [5, 5.41) is 10.5. The molecule has 1 rings (SSSR count). The van der Waals surface area contributed by atoms with E-state index >= 15 is 0 Å². The van der Waals surface area contributed by atoms with Gasteiger partial charge in [-0.15, -0.1) is 0 Å². The van der Waals surface area contributed by atoms with Crippen molar-refractivity contribution in [2.45, 2.75) is 6.18 Å². The van der Waals surface area contributed by atoms with Crippen molar-refractivity contribution < 1.29 is 22.4 Å². The molecule has 1 aromatic carbocycles. The SMILES string of the molecule is N=C(N)c1ccc(NC(=O)NCC(F)(F)F)c(F)c1. The number of nitrogens with two attached hydrogens (primary N) is 1. The Labute approximate surface area is 105 Å². The molecule has 0 saturated carbocycles. The molecular weight excluding hydrogens is 268 g/mol. The van der Waals surface area contributed by atoms with Crippen LogP contribution in [0.5, 0.6) is 0 Å². The molecule has 0 heterocycles. The highest BCUT2D eigenvalue weighted by Gasteiger charge is 2.27. The zero-order valence-electron chi connectivity index (χ0n) is 9.44. The van der Waals surface area contributed by atoms with Crippen molar-refractivity contribution in [1.29, 1.82) is 5.41 Å². The van der Waals surface area contributed by atoms with Gasteiger partial charge in [0.15, 0.2) is 0 Å². The van der Waals surface area contributed by atoms with Crippen LogP contribution in [-0.4, -0.2) is 24.6 Å². The summed E-state index contributed by atoms with van der Waals surface area (Å²) in [6.07, 6.45) is -4.55. The highest BCUT2D eigenvalue weighted by atomic mass is 19.4. The first kappa shape index (κ1) is 14.7. The average Bonchev–Trinajstić information content (AvgIpc) is 2.28. The molecule has 0 fully saturated rings. The fourth-order valence-electron chi connectivity index (χ4n) is 1.13. The van der Waals surface area contributed by atoms with Crippen molar-refractivity contribution in [3.05, 3.63) is 29.6 Å². The molecule has 19 heavy (non-hydrogen) atoms. The average molecular weight is 278 g/mol. The third-order valence-electron chi connectivity index (χ3n) is 1.98. The molecular formula is C10H10F4N4O. The number of hydrogen-bond acceptors (Lipinski definition) is 2. The Balaban J connectivity index is 2.67. The van der Waals surface area contributed by atoms with Gasteiger partial charge in [-0.2, -0.15) is 13.2 Å². The van der Waals surface area contributed by atoms with Gasteiger partial charge in [0.2, 0.25) is 0 Å². The molecule has 104 valence electrons. The number of anilines is 1. The molecule has 0 aliphatic rings. The highest BCUT2D eigenvalue weighted by Crippen LogP contribution is 2.16. The second kappa shape index (κ2) is 5.55. The van der Waals surface area contributed by atoms with Gasteiger partial charge in [-0.1, -0.05) is 0 Å². The molecule has 0 unspecified atom stereocenters. The number of amidine groups is 1. The van der Waals surface area contributed by atoms with Crippen LogP contribution in [0.4, 0.5) is 28.0 Å². The second-order valence-electron chi connectivity index (χ2n) is 3.53. The summed E-state index contributed by atoms with van der Waals surface area (Å²) in [7, 11) is 0. The number of halogens is 4. The topological polar surface area (TPSA) is 91.0 Å². The lowest BCUT2D eigenvalue weighted by atomic mass is 10.2. The van der Waals surface area contributed by atoms with Gasteiger partial charge in [0.05, 0.1) is 5.69 Å². The summed E-state index contributed by atoms with van der Waals surface area (Å²) in [4.78, 5) is 11.1. The van der Waals surface area contributed by atoms with E-state index in [1.54, 1.807) is 0 Å². The molecule has 1 aromatic rings. The van der Waals surface area contributed by atoms with Crippen molar-refractivity contribution in [2.24, 2.45) is 5.73 Å². The van der Waals surface area contributed by atoms with E-state index in [0.29, 0.717) is 0 Å². The quantitative estimate of drug-likeness (QED) is 0.385. The van der Waals surface area contributed by atoms with E-state index in [1.165, 1.54) is 11.4 Å². The van der Waals surface area contributed by atoms with Crippen LogP contribution in [-0.2, 0) is 0 Å². The lowest BCUT2D eigenvalue weighted by Crippen LogP contribution is -2.36. The largest absolute Gasteiger partial charge is 0.405 e. The van der Waals surface area contributed by atoms with Gasteiger partial charge in [-0.3, -0.25) is 5.41 Å². The van der Waals surface area contributed by atoms with Gasteiger partial charge < -0.3 is 16.4 Å². The van der Waals surface area contributed by atoms with Crippen LogP contribution in [0.3, 0.4) is 0 Å². The van der Waals surface area contributed by atoms with Crippen molar-refractivity contribution in [3.63, 3.8) is 0 Å². The number of amides is 2. The first-order chi connectivity index (χ1) is 8.69. The van der Waals surface area contributed by atoms with Crippen LogP contribution in [0.1, 0.15) is 5.56 Å². The minimum absolute atomic E-state index is 0.0961. The molecule has 9 heteroatoms. The molecule has 5 nitrogen and oxygen atoms in total. The third kappa shape index (κ3) is 4.82. The van der Waals surface area contributed by atoms with Gasteiger partial charge in [0.1, 0.15) is 18.2 Å². The lowest BCUT2D eigenvalue weighted by Gasteiger charge is -2.10. The Kier molecular flexibility index (Phi) is 4.30. The van der Waals surface area contributed by atoms with Crippen molar-refractivity contribution in [3.8, 4) is 0 Å². The second-order valence-corrected chi connectivity index (χ2v) is 3.53. The normalized spacial score (nSPS) is 10.9. The molecule has 0 spiro atoms. The zero-order valence-corrected chi connectivity index (χ0v) is 9.44. The number of carbonyl (C=O) groups is 1. The Morgan fingerprint density at radius 1 is 1.37 bits per heavy atom. The van der Waals surface area contributed by atoms with Gasteiger partial charge in [-0.25, -0.2) is 9.18 Å². The van der Waals surface area contributed by atoms with E-state index in [2.05, 4.69) is 0 Å². The molecule has 0 aromatic heterocycles. The van der Waals surface area contributed by atoms with Crippen LogP contribution in [0.15, 0.2) is 18.2 Å². The smallest absolute Gasteiger partial charge is 0.384 e. The van der Waals surface area contributed by atoms with E-state index in [9.17, 15) is 22.4 Å². The summed E-state index contributed by atoms with van der Waals surface area (Å²) in [6.45, 7) is -1.52. The molecule has 0 aliphatic carbocycles. The highest BCUT2D eigenvalue weighted by molar-refractivity contribution is 5.96. The van der Waals surface area contributed by atoms with Gasteiger partial charge in [0, 0.05) is 5.56 Å². The monoisotopic (exact) mass is 278 g/mol. The van der Waals surface area contributed by atoms with Crippen LogP contribution >= 0.6 is 0 Å². The van der Waals surface area contributed by atoms with E-state index in [-0.39, 0.29) is 17.1 Å². The molecule has 0 aliphatic heterocycles. The molecule has 0 radical (unpaired) electrons. The maximum atomic E-state index is 13.4. The number of rotatable bonds is 3. The minimum Gasteiger partial charge on any atom is -0.384 e. The van der Waals surface area contributed by atoms with Crippen LogP contribution in [0.2, 0.25) is 0 Å². The minimum atomic E-state index is -4.55. The Hall–Kier alpha value is -2.32. The van der Waals surface area contributed by atoms with Crippen LogP contribution in [0.25, 0.3) is 0 Å². The number of nitrogen functional groups attached to an aromatic ring is 1. The van der Waals surface area contributed by atoms with Crippen LogP contribution in [0, 0.1) is 11.2 Å². The summed E-state index contributed by atoms with van der Waals surface area (Å²) in [6, 6.07) is 2.05. The molecule has 2 amide bonds. The van der Waals surface area contributed by atoms with E-state index < -0.39 is 24.6 Å². The van der Waals surface area contributed by atoms with E-state index in [1.807, 2.05) is 5.32 Å². The number of alkyl halides is 3. The fourth-order valence-corrected chi connectivity index (χ4v) is 1.13. The molecule has 5 N–H and O–H groups in total. The van der Waals surface area contributed by atoms with Gasteiger partial charge >= 0.3 is 12.2 Å². The van der Waals surface area contributed by atoms with Crippen molar-refractivity contribution in [1.82, 2.24) is 5.32 Å². The standard InChI is InChI=1S/C10H10F4N4O/c11-6-3-5(8(15)16)1-2-7(6)18-9(19)17-4-10(12,13)14/h1-3H,4H2,(H3,15,16)(H2,17,18,19). The maximum absolute atomic E-state index is 13.4. The summed E-state index contributed by atoms with van der Waals surface area (Å²) in [5.74, 6) is -1.28. The lowest BCUT2D eigenvalue weighted by molar-refractivity contribution is -0.122. The predicted octanol–water partition coefficient (Wildman–Crippen LogP) is 1.79. The van der Waals surface area contributed by atoms with Crippen molar-refractivity contribution in [2.75, 3.05) is 11.9 Å². The summed E-state index contributed by atoms with van der Waals surface area (Å²) < 4.78 is 48.9. The first-order valence-electron chi connectivity index (χ1n) is 4.94. The summed E-state index contributed by atoms with van der Waals surface area (Å²) >= 11 is 0. The number of nitrogens with one attached hydrogen (secondary N) is 3. The predicted molar refractivity (Wildman–Crippen MR) is 60.5 cm³/mol. The van der Waals surface area contributed by atoms with E-state index in [4.69, 9.17) is 11.1 Å². The molecule has 0 atom stereocenters. The first-order valence-corrected chi connectivity index (χ1v) is 4.94. The van der Waals surface area contributed by atoms with Crippen LogP contribution < -0.4 is 16.4 Å². The Bertz CT molecular complexity index is 501. The number of hydrogen-bond donors (Lipinski definition) is 4. The molecule has 0 bridgehead atoms. The van der Waals surface area contributed by atoms with Crippen molar-refractivity contribution >= 4 is 17.6 Å². The Morgan fingerprint density at radius 3 is 2.47 bits per heavy atom. The fraction of sp³-hybridized carbons (Fsp3) is 0.200. The zero-order chi connectivity index (χ0) is 14.6. The van der Waals surface area contributed by atoms with Gasteiger partial charge in [-0.05, 0) is 18.2 Å². The van der Waals surface area contributed by atoms with Gasteiger partial charge in [0.25, 0.3) is 0 Å². The van der Waals surface area contributed by atoms with E-state index in [0.717, 1.165) is 12.1 Å². The maximum Gasteiger partial charge on any atom is 0.405 e. The third-order valence-corrected chi connectivity index (χ3v) is 1.98. The molecule has 0 saturated heterocycles. The number of carbonyl (C=O) groups excluding carboxylic acids is 1.